The first-order chi connectivity index (χ1) is 15.1. The SMILES string of the molecule is COc1cc(-c2nc(-c3ccccc3)nc(-c3ccccc3O)n2)cc(OC)c1C=O. The number of ether oxygens (including phenoxy) is 2. The number of hydrogen-bond donors (Lipinski definition) is 1. The zero-order valence-corrected chi connectivity index (χ0v) is 16.9. The van der Waals surface area contributed by atoms with Crippen molar-refractivity contribution in [3.63, 3.8) is 0 Å². The second-order valence-corrected chi connectivity index (χ2v) is 6.60. The van der Waals surface area contributed by atoms with Gasteiger partial charge in [0, 0.05) is 11.1 Å². The van der Waals surface area contributed by atoms with E-state index in [1.54, 1.807) is 36.4 Å². The van der Waals surface area contributed by atoms with Gasteiger partial charge in [0.15, 0.2) is 23.8 Å². The molecule has 31 heavy (non-hydrogen) atoms. The molecule has 1 aromatic heterocycles. The number of carbonyl (C=O) groups is 1. The summed E-state index contributed by atoms with van der Waals surface area (Å²) in [7, 11) is 2.95. The van der Waals surface area contributed by atoms with Gasteiger partial charge in [0.25, 0.3) is 0 Å². The van der Waals surface area contributed by atoms with Gasteiger partial charge in [0.1, 0.15) is 17.2 Å². The second-order valence-electron chi connectivity index (χ2n) is 6.60. The van der Waals surface area contributed by atoms with Gasteiger partial charge in [-0.25, -0.2) is 15.0 Å². The fourth-order valence-corrected chi connectivity index (χ4v) is 3.19. The number of phenols is 1. The highest BCUT2D eigenvalue weighted by Crippen LogP contribution is 2.35. The number of aromatic hydroxyl groups is 1. The highest BCUT2D eigenvalue weighted by atomic mass is 16.5. The molecule has 0 unspecified atom stereocenters. The molecule has 0 fully saturated rings. The standard InChI is InChI=1S/C24H19N3O4/c1-30-20-12-16(13-21(31-2)18(20)14-28)23-25-22(15-8-4-3-5-9-15)26-24(27-23)17-10-6-7-11-19(17)29/h3-14,29H,1-2H3. The molecule has 154 valence electrons. The molecule has 4 aromatic rings. The van der Waals surface area contributed by atoms with Crippen LogP contribution in [0.3, 0.4) is 0 Å². The first-order valence-electron chi connectivity index (χ1n) is 9.46. The fraction of sp³-hybridized carbons (Fsp3) is 0.0833. The van der Waals surface area contributed by atoms with Crippen LogP contribution in [-0.4, -0.2) is 40.6 Å². The third-order valence-corrected chi connectivity index (χ3v) is 4.73. The lowest BCUT2D eigenvalue weighted by atomic mass is 10.1. The van der Waals surface area contributed by atoms with Crippen LogP contribution in [0.25, 0.3) is 34.2 Å². The maximum absolute atomic E-state index is 11.5. The van der Waals surface area contributed by atoms with Gasteiger partial charge in [0.2, 0.25) is 0 Å². The van der Waals surface area contributed by atoms with E-state index < -0.39 is 0 Å². The van der Waals surface area contributed by atoms with Crippen molar-refractivity contribution in [3.8, 4) is 51.4 Å². The Bertz CT molecular complexity index is 1220. The average molecular weight is 413 g/mol. The molecule has 0 aliphatic rings. The summed E-state index contributed by atoms with van der Waals surface area (Å²) in [6, 6.07) is 19.7. The van der Waals surface area contributed by atoms with Gasteiger partial charge in [-0.2, -0.15) is 0 Å². The molecule has 0 spiro atoms. The largest absolute Gasteiger partial charge is 0.507 e. The van der Waals surface area contributed by atoms with Gasteiger partial charge in [-0.05, 0) is 24.3 Å². The summed E-state index contributed by atoms with van der Waals surface area (Å²) in [5.74, 6) is 1.86. The Kier molecular flexibility index (Phi) is 5.57. The molecule has 0 saturated carbocycles. The quantitative estimate of drug-likeness (QED) is 0.468. The van der Waals surface area contributed by atoms with Gasteiger partial charge in [-0.3, -0.25) is 4.79 Å². The molecule has 0 saturated heterocycles. The van der Waals surface area contributed by atoms with Crippen molar-refractivity contribution in [3.05, 3.63) is 72.3 Å². The zero-order chi connectivity index (χ0) is 21.8. The molecular weight excluding hydrogens is 394 g/mol. The molecular formula is C24H19N3O4. The molecule has 0 bridgehead atoms. The maximum Gasteiger partial charge on any atom is 0.167 e. The van der Waals surface area contributed by atoms with Crippen LogP contribution in [0.5, 0.6) is 17.2 Å². The Morgan fingerprint density at radius 3 is 1.87 bits per heavy atom. The van der Waals surface area contributed by atoms with Crippen LogP contribution in [0, 0.1) is 0 Å². The number of aromatic nitrogens is 3. The van der Waals surface area contributed by atoms with E-state index in [0.29, 0.717) is 51.9 Å². The molecule has 7 heteroatoms. The van der Waals surface area contributed by atoms with Gasteiger partial charge >= 0.3 is 0 Å². The summed E-state index contributed by atoms with van der Waals surface area (Å²) in [4.78, 5) is 25.3. The number of nitrogens with zero attached hydrogens (tertiary/aromatic N) is 3. The fourth-order valence-electron chi connectivity index (χ4n) is 3.19. The number of para-hydroxylation sites is 1. The van der Waals surface area contributed by atoms with Gasteiger partial charge in [0.05, 0.1) is 25.3 Å². The minimum absolute atomic E-state index is 0.0603. The van der Waals surface area contributed by atoms with Crippen LogP contribution in [0.1, 0.15) is 10.4 Å². The van der Waals surface area contributed by atoms with E-state index in [9.17, 15) is 9.90 Å². The molecule has 0 amide bonds. The van der Waals surface area contributed by atoms with Gasteiger partial charge < -0.3 is 14.6 Å². The number of phenolic OH excluding ortho intramolecular Hbond substituents is 1. The lowest BCUT2D eigenvalue weighted by Gasteiger charge is -2.13. The van der Waals surface area contributed by atoms with Crippen molar-refractivity contribution in [1.82, 2.24) is 15.0 Å². The number of hydrogen-bond acceptors (Lipinski definition) is 7. The van der Waals surface area contributed by atoms with E-state index in [4.69, 9.17) is 9.47 Å². The highest BCUT2D eigenvalue weighted by Gasteiger charge is 2.18. The Balaban J connectivity index is 1.97. The van der Waals surface area contributed by atoms with Crippen LogP contribution in [-0.2, 0) is 0 Å². The van der Waals surface area contributed by atoms with Crippen LogP contribution >= 0.6 is 0 Å². The topological polar surface area (TPSA) is 94.4 Å². The van der Waals surface area contributed by atoms with Crippen LogP contribution < -0.4 is 9.47 Å². The summed E-state index contributed by atoms with van der Waals surface area (Å²) in [6.07, 6.45) is 0.678. The normalized spacial score (nSPS) is 10.5. The van der Waals surface area contributed by atoms with E-state index in [0.717, 1.165) is 5.56 Å². The van der Waals surface area contributed by atoms with Crippen LogP contribution in [0.15, 0.2) is 66.7 Å². The van der Waals surface area contributed by atoms with Crippen molar-refractivity contribution >= 4 is 6.29 Å². The first kappa shape index (κ1) is 20.0. The third kappa shape index (κ3) is 3.93. The number of methoxy groups -OCH3 is 2. The second kappa shape index (κ2) is 8.62. The number of benzene rings is 3. The number of aldehydes is 1. The molecule has 1 heterocycles. The van der Waals surface area contributed by atoms with E-state index in [2.05, 4.69) is 15.0 Å². The summed E-state index contributed by atoms with van der Waals surface area (Å²) >= 11 is 0. The van der Waals surface area contributed by atoms with E-state index >= 15 is 0 Å². The number of carbonyl (C=O) groups excluding carboxylic acids is 1. The lowest BCUT2D eigenvalue weighted by molar-refractivity contribution is 0.111. The van der Waals surface area contributed by atoms with Crippen molar-refractivity contribution in [2.75, 3.05) is 14.2 Å². The predicted octanol–water partition coefficient (Wildman–Crippen LogP) is 4.41. The highest BCUT2D eigenvalue weighted by molar-refractivity contribution is 5.86. The van der Waals surface area contributed by atoms with Crippen molar-refractivity contribution in [2.45, 2.75) is 0 Å². The lowest BCUT2D eigenvalue weighted by Crippen LogP contribution is -2.02. The van der Waals surface area contributed by atoms with Crippen LogP contribution in [0.2, 0.25) is 0 Å². The summed E-state index contributed by atoms with van der Waals surface area (Å²) in [5.41, 5.74) is 2.15. The van der Waals surface area contributed by atoms with E-state index in [-0.39, 0.29) is 5.75 Å². The van der Waals surface area contributed by atoms with Crippen molar-refractivity contribution < 1.29 is 19.4 Å². The molecule has 0 aliphatic carbocycles. The third-order valence-electron chi connectivity index (χ3n) is 4.73. The van der Waals surface area contributed by atoms with Crippen molar-refractivity contribution in [2.24, 2.45) is 0 Å². The molecule has 0 radical (unpaired) electrons. The molecule has 0 aliphatic heterocycles. The smallest absolute Gasteiger partial charge is 0.167 e. The van der Waals surface area contributed by atoms with E-state index in [1.807, 2.05) is 30.3 Å². The molecule has 1 N–H and O–H groups in total. The Hall–Kier alpha value is -4.26. The predicted molar refractivity (Wildman–Crippen MR) is 116 cm³/mol. The van der Waals surface area contributed by atoms with E-state index in [1.165, 1.54) is 14.2 Å². The Morgan fingerprint density at radius 2 is 1.29 bits per heavy atom. The van der Waals surface area contributed by atoms with Crippen LogP contribution in [0.4, 0.5) is 0 Å². The summed E-state index contributed by atoms with van der Waals surface area (Å²) < 4.78 is 10.7. The van der Waals surface area contributed by atoms with Crippen molar-refractivity contribution in [1.29, 1.82) is 0 Å². The molecule has 4 rings (SSSR count). The maximum atomic E-state index is 11.5. The molecule has 3 aromatic carbocycles. The van der Waals surface area contributed by atoms with Gasteiger partial charge in [-0.1, -0.05) is 42.5 Å². The monoisotopic (exact) mass is 413 g/mol. The minimum atomic E-state index is 0.0603. The number of rotatable bonds is 6. The minimum Gasteiger partial charge on any atom is -0.507 e. The average Bonchev–Trinajstić information content (AvgIpc) is 2.83. The molecule has 0 atom stereocenters. The molecule has 7 nitrogen and oxygen atoms in total. The summed E-state index contributed by atoms with van der Waals surface area (Å²) in [5, 5.41) is 10.3. The Morgan fingerprint density at radius 1 is 0.742 bits per heavy atom. The first-order valence-corrected chi connectivity index (χ1v) is 9.46. The zero-order valence-electron chi connectivity index (χ0n) is 16.9. The van der Waals surface area contributed by atoms with Gasteiger partial charge in [-0.15, -0.1) is 0 Å². The Labute approximate surface area is 179 Å². The summed E-state index contributed by atoms with van der Waals surface area (Å²) in [6.45, 7) is 0.